The van der Waals surface area contributed by atoms with Gasteiger partial charge in [-0.15, -0.1) is 0 Å². The van der Waals surface area contributed by atoms with Gasteiger partial charge < -0.3 is 0 Å². The molecule has 1 aromatic heterocycles. The zero-order chi connectivity index (χ0) is 14.0. The maximum absolute atomic E-state index is 12.3. The van der Waals surface area contributed by atoms with Crippen LogP contribution in [0.3, 0.4) is 0 Å². The average molecular weight is 409 g/mol. The third kappa shape index (κ3) is 3.37. The van der Waals surface area contributed by atoms with Gasteiger partial charge in [0, 0.05) is 20.7 Å². The zero-order valence-corrected chi connectivity index (χ0v) is 13.9. The lowest BCUT2D eigenvalue weighted by Crippen LogP contribution is -2.13. The van der Waals surface area contributed by atoms with E-state index in [0.717, 1.165) is 12.1 Å². The Labute approximate surface area is 128 Å². The maximum Gasteiger partial charge on any atom is 0.264 e. The van der Waals surface area contributed by atoms with Crippen molar-refractivity contribution in [3.8, 4) is 0 Å². The molecule has 0 aliphatic rings. The van der Waals surface area contributed by atoms with Crippen LogP contribution in [0.15, 0.2) is 38.1 Å². The Hall–Kier alpha value is -0.860. The predicted molar refractivity (Wildman–Crippen MR) is 80.6 cm³/mol. The van der Waals surface area contributed by atoms with Crippen molar-refractivity contribution < 1.29 is 8.42 Å². The van der Waals surface area contributed by atoms with Gasteiger partial charge in [-0.05, 0) is 40.5 Å². The number of rotatable bonds is 4. The molecule has 2 aromatic rings. The quantitative estimate of drug-likeness (QED) is 0.814. The van der Waals surface area contributed by atoms with Crippen LogP contribution in [0.2, 0.25) is 0 Å². The summed E-state index contributed by atoms with van der Waals surface area (Å²) in [5, 5.41) is 6.67. The van der Waals surface area contributed by atoms with Gasteiger partial charge in [-0.1, -0.05) is 22.9 Å². The number of halogens is 2. The smallest absolute Gasteiger partial charge is 0.264 e. The van der Waals surface area contributed by atoms with Crippen molar-refractivity contribution >= 4 is 47.7 Å². The maximum atomic E-state index is 12.3. The van der Waals surface area contributed by atoms with Crippen LogP contribution in [0.25, 0.3) is 0 Å². The molecule has 0 bridgehead atoms. The lowest BCUT2D eigenvalue weighted by Gasteiger charge is -2.07. The minimum Gasteiger partial charge on any atom is -0.280 e. The number of hydrogen-bond donors (Lipinski definition) is 2. The molecular weight excluding hydrogens is 398 g/mol. The van der Waals surface area contributed by atoms with Crippen molar-refractivity contribution in [1.29, 1.82) is 0 Å². The summed E-state index contributed by atoms with van der Waals surface area (Å²) in [5.74, 6) is 0.281. The summed E-state index contributed by atoms with van der Waals surface area (Å²) in [5.41, 5.74) is 0.867. The monoisotopic (exact) mass is 407 g/mol. The topological polar surface area (TPSA) is 74.8 Å². The van der Waals surface area contributed by atoms with Crippen molar-refractivity contribution in [3.05, 3.63) is 38.9 Å². The number of nitrogens with one attached hydrogen (secondary N) is 2. The Kier molecular flexibility index (Phi) is 4.32. The number of hydrogen-bond acceptors (Lipinski definition) is 3. The van der Waals surface area contributed by atoms with Gasteiger partial charge in [0.25, 0.3) is 10.0 Å². The van der Waals surface area contributed by atoms with E-state index in [1.54, 1.807) is 18.2 Å². The molecule has 102 valence electrons. The zero-order valence-electron chi connectivity index (χ0n) is 9.94. The van der Waals surface area contributed by atoms with Gasteiger partial charge in [0.1, 0.15) is 4.90 Å². The van der Waals surface area contributed by atoms with Crippen molar-refractivity contribution in [1.82, 2.24) is 10.2 Å². The fourth-order valence-electron chi connectivity index (χ4n) is 1.47. The SMILES string of the molecule is CCc1cc(NS(=O)(=O)c2cc(Br)ccc2Br)n[nH]1. The summed E-state index contributed by atoms with van der Waals surface area (Å²) in [6.07, 6.45) is 0.759. The molecule has 1 heterocycles. The van der Waals surface area contributed by atoms with E-state index >= 15 is 0 Å². The summed E-state index contributed by atoms with van der Waals surface area (Å²) < 4.78 is 28.1. The first-order valence-electron chi connectivity index (χ1n) is 5.44. The fourth-order valence-corrected chi connectivity index (χ4v) is 3.97. The molecule has 0 fully saturated rings. The largest absolute Gasteiger partial charge is 0.280 e. The lowest BCUT2D eigenvalue weighted by molar-refractivity contribution is 0.600. The highest BCUT2D eigenvalue weighted by molar-refractivity contribution is 9.11. The molecule has 8 heteroatoms. The van der Waals surface area contributed by atoms with Crippen LogP contribution in [0.1, 0.15) is 12.6 Å². The van der Waals surface area contributed by atoms with Crippen LogP contribution in [0.4, 0.5) is 5.82 Å². The van der Waals surface area contributed by atoms with Gasteiger partial charge in [0.15, 0.2) is 5.82 Å². The Balaban J connectivity index is 2.34. The molecule has 2 N–H and O–H groups in total. The third-order valence-corrected chi connectivity index (χ3v) is 5.28. The molecular formula is C11H11Br2N3O2S. The van der Waals surface area contributed by atoms with Crippen LogP contribution < -0.4 is 4.72 Å². The number of aryl methyl sites for hydroxylation is 1. The first kappa shape index (κ1) is 14.5. The first-order valence-corrected chi connectivity index (χ1v) is 8.51. The van der Waals surface area contributed by atoms with Crippen LogP contribution in [0.5, 0.6) is 0 Å². The van der Waals surface area contributed by atoms with E-state index < -0.39 is 10.0 Å². The van der Waals surface area contributed by atoms with Crippen molar-refractivity contribution in [2.45, 2.75) is 18.2 Å². The van der Waals surface area contributed by atoms with Gasteiger partial charge in [0.05, 0.1) is 0 Å². The van der Waals surface area contributed by atoms with Crippen molar-refractivity contribution in [2.75, 3.05) is 4.72 Å². The molecule has 1 aromatic carbocycles. The highest BCUT2D eigenvalue weighted by Crippen LogP contribution is 2.27. The molecule has 19 heavy (non-hydrogen) atoms. The fraction of sp³-hybridized carbons (Fsp3) is 0.182. The first-order chi connectivity index (χ1) is 8.92. The Bertz CT molecular complexity index is 698. The van der Waals surface area contributed by atoms with E-state index in [1.165, 1.54) is 6.07 Å². The van der Waals surface area contributed by atoms with Gasteiger partial charge in [0.2, 0.25) is 0 Å². The van der Waals surface area contributed by atoms with Gasteiger partial charge >= 0.3 is 0 Å². The Morgan fingerprint density at radius 1 is 1.32 bits per heavy atom. The molecule has 0 spiro atoms. The van der Waals surface area contributed by atoms with E-state index in [1.807, 2.05) is 6.92 Å². The summed E-state index contributed by atoms with van der Waals surface area (Å²) in [4.78, 5) is 0.155. The van der Waals surface area contributed by atoms with Crippen LogP contribution in [0, 0.1) is 0 Å². The Morgan fingerprint density at radius 3 is 2.68 bits per heavy atom. The minimum atomic E-state index is -3.67. The van der Waals surface area contributed by atoms with Crippen LogP contribution in [-0.2, 0) is 16.4 Å². The lowest BCUT2D eigenvalue weighted by atomic mass is 10.3. The number of sulfonamides is 1. The number of nitrogens with zero attached hydrogens (tertiary/aromatic N) is 1. The standard InChI is InChI=1S/C11H11Br2N3O2S/c1-2-8-6-11(15-14-8)16-19(17,18)10-5-7(12)3-4-9(10)13/h3-6H,2H2,1H3,(H2,14,15,16). The third-order valence-electron chi connectivity index (χ3n) is 2.43. The molecule has 0 saturated carbocycles. The van der Waals surface area contributed by atoms with E-state index in [2.05, 4.69) is 46.8 Å². The van der Waals surface area contributed by atoms with Crippen molar-refractivity contribution in [2.24, 2.45) is 0 Å². The van der Waals surface area contributed by atoms with E-state index in [0.29, 0.717) is 8.95 Å². The summed E-state index contributed by atoms with van der Waals surface area (Å²) in [6, 6.07) is 6.62. The number of H-pyrrole nitrogens is 1. The summed E-state index contributed by atoms with van der Waals surface area (Å²) in [6.45, 7) is 1.96. The summed E-state index contributed by atoms with van der Waals surface area (Å²) >= 11 is 6.48. The molecule has 0 atom stereocenters. The molecule has 5 nitrogen and oxygen atoms in total. The Morgan fingerprint density at radius 2 is 2.05 bits per heavy atom. The second kappa shape index (κ2) is 5.64. The van der Waals surface area contributed by atoms with Gasteiger partial charge in [-0.2, -0.15) is 5.10 Å². The molecule has 0 saturated heterocycles. The van der Waals surface area contributed by atoms with Gasteiger partial charge in [-0.25, -0.2) is 8.42 Å². The number of aromatic nitrogens is 2. The van der Waals surface area contributed by atoms with Crippen molar-refractivity contribution in [3.63, 3.8) is 0 Å². The van der Waals surface area contributed by atoms with Crippen LogP contribution in [-0.4, -0.2) is 18.6 Å². The van der Waals surface area contributed by atoms with Crippen LogP contribution >= 0.6 is 31.9 Å². The minimum absolute atomic E-state index is 0.155. The highest BCUT2D eigenvalue weighted by Gasteiger charge is 2.19. The molecule has 2 rings (SSSR count). The second-order valence-corrected chi connectivity index (χ2v) is 7.23. The van der Waals surface area contributed by atoms with E-state index in [4.69, 9.17) is 0 Å². The average Bonchev–Trinajstić information content (AvgIpc) is 2.79. The second-order valence-electron chi connectivity index (χ2n) is 3.81. The summed E-state index contributed by atoms with van der Waals surface area (Å²) in [7, 11) is -3.67. The van der Waals surface area contributed by atoms with E-state index in [9.17, 15) is 8.42 Å². The number of aromatic amines is 1. The molecule has 0 aliphatic heterocycles. The molecule has 0 aliphatic carbocycles. The number of anilines is 1. The predicted octanol–water partition coefficient (Wildman–Crippen LogP) is 3.30. The molecule has 0 amide bonds. The number of benzene rings is 1. The van der Waals surface area contributed by atoms with E-state index in [-0.39, 0.29) is 10.7 Å². The highest BCUT2D eigenvalue weighted by atomic mass is 79.9. The van der Waals surface area contributed by atoms with Gasteiger partial charge in [-0.3, -0.25) is 9.82 Å². The molecule has 0 unspecified atom stereocenters. The normalized spacial score (nSPS) is 11.5. The molecule has 0 radical (unpaired) electrons.